The summed E-state index contributed by atoms with van der Waals surface area (Å²) in [5, 5.41) is 0. The fraction of sp³-hybridized carbons (Fsp3) is 0.286. The summed E-state index contributed by atoms with van der Waals surface area (Å²) >= 11 is 9.11. The van der Waals surface area contributed by atoms with Crippen molar-refractivity contribution < 1.29 is 4.74 Å². The predicted molar refractivity (Wildman–Crippen MR) is 85.3 cm³/mol. The van der Waals surface area contributed by atoms with Gasteiger partial charge in [-0.05, 0) is 47.5 Å². The molecule has 0 fully saturated rings. The Morgan fingerprint density at radius 2 is 1.94 bits per heavy atom. The lowest BCUT2D eigenvalue weighted by Crippen LogP contribution is -1.96. The second-order valence-electron chi connectivity index (χ2n) is 4.21. The Labute approximate surface area is 128 Å². The summed E-state index contributed by atoms with van der Waals surface area (Å²) in [7, 11) is 1.71. The van der Waals surface area contributed by atoms with E-state index in [2.05, 4.69) is 63.9 Å². The molecule has 2 rings (SSSR count). The van der Waals surface area contributed by atoms with Crippen molar-refractivity contribution in [2.24, 2.45) is 0 Å². The molecule has 1 nitrogen and oxygen atoms in total. The number of benzene rings is 1. The molecule has 0 amide bonds. The summed E-state index contributed by atoms with van der Waals surface area (Å²) in [6.07, 6.45) is 0. The van der Waals surface area contributed by atoms with Crippen molar-refractivity contribution in [1.29, 1.82) is 0 Å². The van der Waals surface area contributed by atoms with Crippen LogP contribution < -0.4 is 4.74 Å². The van der Waals surface area contributed by atoms with Gasteiger partial charge in [0.2, 0.25) is 0 Å². The number of rotatable bonds is 3. The molecule has 1 aromatic heterocycles. The first kappa shape index (κ1) is 14.1. The fourth-order valence-electron chi connectivity index (χ4n) is 1.81. The first-order chi connectivity index (χ1) is 8.52. The van der Waals surface area contributed by atoms with Gasteiger partial charge < -0.3 is 4.74 Å². The third-order valence-electron chi connectivity index (χ3n) is 2.78. The average Bonchev–Trinajstić information content (AvgIpc) is 2.68. The molecule has 0 aliphatic heterocycles. The van der Waals surface area contributed by atoms with Crippen molar-refractivity contribution in [3.8, 4) is 5.75 Å². The molecule has 2 aromatic rings. The molecule has 0 N–H and O–H groups in total. The molecule has 0 radical (unpaired) electrons. The molecule has 18 heavy (non-hydrogen) atoms. The van der Waals surface area contributed by atoms with E-state index in [9.17, 15) is 0 Å². The van der Waals surface area contributed by atoms with Crippen LogP contribution in [-0.2, 0) is 0 Å². The molecule has 1 aromatic carbocycles. The van der Waals surface area contributed by atoms with E-state index in [0.29, 0.717) is 0 Å². The zero-order valence-electron chi connectivity index (χ0n) is 10.5. The minimum Gasteiger partial charge on any atom is -0.496 e. The maximum Gasteiger partial charge on any atom is 0.123 e. The smallest absolute Gasteiger partial charge is 0.123 e. The zero-order chi connectivity index (χ0) is 13.3. The number of methoxy groups -OCH3 is 1. The molecular weight excluding hydrogens is 376 g/mol. The molecule has 96 valence electrons. The monoisotopic (exact) mass is 388 g/mol. The second-order valence-corrected chi connectivity index (χ2v) is 7.53. The number of hydrogen-bond acceptors (Lipinski definition) is 2. The van der Waals surface area contributed by atoms with Gasteiger partial charge in [-0.1, -0.05) is 33.6 Å². The van der Waals surface area contributed by atoms with Crippen LogP contribution in [0, 0.1) is 13.8 Å². The fourth-order valence-corrected chi connectivity index (χ4v) is 4.15. The van der Waals surface area contributed by atoms with Crippen LogP contribution in [0.1, 0.15) is 26.4 Å². The lowest BCUT2D eigenvalue weighted by Gasteiger charge is -2.13. The Morgan fingerprint density at radius 1 is 1.22 bits per heavy atom. The summed E-state index contributed by atoms with van der Waals surface area (Å²) < 4.78 is 6.63. The zero-order valence-corrected chi connectivity index (χ0v) is 14.4. The summed E-state index contributed by atoms with van der Waals surface area (Å²) in [4.78, 5) is 1.45. The number of hydrogen-bond donors (Lipinski definition) is 0. The Kier molecular flexibility index (Phi) is 4.51. The van der Waals surface area contributed by atoms with Crippen molar-refractivity contribution in [2.45, 2.75) is 18.7 Å². The summed E-state index contributed by atoms with van der Waals surface area (Å²) in [5.41, 5.74) is 3.68. The van der Waals surface area contributed by atoms with Crippen LogP contribution in [0.15, 0.2) is 28.1 Å². The van der Waals surface area contributed by atoms with Crippen LogP contribution in [0.4, 0.5) is 0 Å². The predicted octanol–water partition coefficient (Wildman–Crippen LogP) is 5.62. The Hall–Kier alpha value is -0.320. The molecule has 0 saturated carbocycles. The van der Waals surface area contributed by atoms with Gasteiger partial charge in [0.15, 0.2) is 0 Å². The lowest BCUT2D eigenvalue weighted by molar-refractivity contribution is 0.410. The first-order valence-electron chi connectivity index (χ1n) is 5.57. The van der Waals surface area contributed by atoms with Crippen LogP contribution in [0.2, 0.25) is 0 Å². The van der Waals surface area contributed by atoms with Crippen LogP contribution in [0.3, 0.4) is 0 Å². The van der Waals surface area contributed by atoms with Crippen molar-refractivity contribution in [3.63, 3.8) is 0 Å². The Balaban J connectivity index is 2.44. The highest BCUT2D eigenvalue weighted by atomic mass is 79.9. The van der Waals surface area contributed by atoms with Crippen LogP contribution >= 0.6 is 43.2 Å². The highest BCUT2D eigenvalue weighted by Gasteiger charge is 2.18. The average molecular weight is 390 g/mol. The van der Waals surface area contributed by atoms with Crippen molar-refractivity contribution in [3.05, 3.63) is 49.6 Å². The summed E-state index contributed by atoms with van der Waals surface area (Å²) in [5.74, 6) is 0.921. The minimum absolute atomic E-state index is 0.169. The maximum atomic E-state index is 5.44. The Bertz CT molecular complexity index is 543. The number of thiophene rings is 1. The summed E-state index contributed by atoms with van der Waals surface area (Å²) in [6.45, 7) is 4.20. The van der Waals surface area contributed by atoms with Gasteiger partial charge in [0, 0.05) is 10.4 Å². The molecule has 0 saturated heterocycles. The van der Waals surface area contributed by atoms with E-state index in [1.807, 2.05) is 6.07 Å². The number of halogens is 2. The highest BCUT2D eigenvalue weighted by molar-refractivity contribution is 9.11. The van der Waals surface area contributed by atoms with Gasteiger partial charge in [-0.15, -0.1) is 11.3 Å². The normalized spacial score (nSPS) is 12.5. The number of ether oxygens (including phenoxy) is 1. The third kappa shape index (κ3) is 2.81. The van der Waals surface area contributed by atoms with E-state index in [0.717, 1.165) is 5.75 Å². The molecular formula is C14H14Br2OS. The molecule has 0 spiro atoms. The Morgan fingerprint density at radius 3 is 2.50 bits per heavy atom. The molecule has 0 aliphatic carbocycles. The van der Waals surface area contributed by atoms with Crippen LogP contribution in [0.5, 0.6) is 5.75 Å². The molecule has 4 heteroatoms. The standard InChI is InChI=1S/C14H14Br2OS/c1-8-4-5-11(17-3)10(6-8)13(15)12-7-9(2)14(16)18-12/h4-7,13H,1-3H3. The third-order valence-corrected chi connectivity index (χ3v) is 6.28. The van der Waals surface area contributed by atoms with E-state index in [4.69, 9.17) is 4.74 Å². The van der Waals surface area contributed by atoms with Gasteiger partial charge in [-0.2, -0.15) is 0 Å². The van der Waals surface area contributed by atoms with Crippen LogP contribution in [0.25, 0.3) is 0 Å². The van der Waals surface area contributed by atoms with Gasteiger partial charge in [0.25, 0.3) is 0 Å². The molecule has 0 bridgehead atoms. The first-order valence-corrected chi connectivity index (χ1v) is 8.10. The topological polar surface area (TPSA) is 9.23 Å². The van der Waals surface area contributed by atoms with Gasteiger partial charge in [-0.3, -0.25) is 0 Å². The van der Waals surface area contributed by atoms with Gasteiger partial charge >= 0.3 is 0 Å². The van der Waals surface area contributed by atoms with Crippen molar-refractivity contribution in [2.75, 3.05) is 7.11 Å². The van der Waals surface area contributed by atoms with E-state index in [1.165, 1.54) is 25.4 Å². The largest absolute Gasteiger partial charge is 0.496 e. The lowest BCUT2D eigenvalue weighted by atomic mass is 10.1. The molecule has 1 heterocycles. The maximum absolute atomic E-state index is 5.44. The number of aryl methyl sites for hydroxylation is 2. The molecule has 1 atom stereocenters. The van der Waals surface area contributed by atoms with E-state index >= 15 is 0 Å². The van der Waals surface area contributed by atoms with Crippen molar-refractivity contribution >= 4 is 43.2 Å². The van der Waals surface area contributed by atoms with Gasteiger partial charge in [0.1, 0.15) is 5.75 Å². The SMILES string of the molecule is COc1ccc(C)cc1C(Br)c1cc(C)c(Br)s1. The van der Waals surface area contributed by atoms with E-state index in [-0.39, 0.29) is 4.83 Å². The number of alkyl halides is 1. The molecule has 0 aliphatic rings. The van der Waals surface area contributed by atoms with E-state index < -0.39 is 0 Å². The van der Waals surface area contributed by atoms with Gasteiger partial charge in [-0.25, -0.2) is 0 Å². The van der Waals surface area contributed by atoms with Gasteiger partial charge in [0.05, 0.1) is 15.7 Å². The summed E-state index contributed by atoms with van der Waals surface area (Å²) in [6, 6.07) is 8.46. The molecule has 1 unspecified atom stereocenters. The minimum atomic E-state index is 0.169. The quantitative estimate of drug-likeness (QED) is 0.619. The highest BCUT2D eigenvalue weighted by Crippen LogP contribution is 2.42. The van der Waals surface area contributed by atoms with Crippen LogP contribution in [-0.4, -0.2) is 7.11 Å². The van der Waals surface area contributed by atoms with Crippen molar-refractivity contribution in [1.82, 2.24) is 0 Å². The second kappa shape index (κ2) is 5.76. The van der Waals surface area contributed by atoms with E-state index in [1.54, 1.807) is 18.4 Å².